The number of benzene rings is 1. The molecule has 0 bridgehead atoms. The summed E-state index contributed by atoms with van der Waals surface area (Å²) in [6.45, 7) is 0. The van der Waals surface area contributed by atoms with Gasteiger partial charge in [0, 0.05) is 0 Å². The van der Waals surface area contributed by atoms with E-state index in [4.69, 9.17) is 0 Å². The maximum Gasteiger partial charge on any atom is 0.165 e. The minimum Gasteiger partial charge on any atom is -0.338 e. The normalized spacial score (nSPS) is 11.5. The van der Waals surface area contributed by atoms with Gasteiger partial charge in [-0.3, -0.25) is 0 Å². The molecular formula is C11H8N4S. The largest absolute Gasteiger partial charge is 0.338 e. The summed E-state index contributed by atoms with van der Waals surface area (Å²) in [5.74, 6) is 1.53. The summed E-state index contributed by atoms with van der Waals surface area (Å²) in [5.41, 5.74) is 3.71. The Morgan fingerprint density at radius 1 is 1.19 bits per heavy atom. The van der Waals surface area contributed by atoms with Crippen LogP contribution in [0.4, 0.5) is 0 Å². The molecular weight excluding hydrogens is 220 g/mol. The van der Waals surface area contributed by atoms with E-state index >= 15 is 0 Å². The third-order valence-electron chi connectivity index (χ3n) is 2.18. The van der Waals surface area contributed by atoms with Crippen LogP contribution in [0.3, 0.4) is 0 Å². The van der Waals surface area contributed by atoms with E-state index in [1.807, 2.05) is 36.4 Å². The Labute approximate surface area is 95.9 Å². The van der Waals surface area contributed by atoms with Gasteiger partial charge in [0.1, 0.15) is 11.3 Å². The third kappa shape index (κ3) is 1.72. The van der Waals surface area contributed by atoms with Gasteiger partial charge < -0.3 is 4.98 Å². The molecule has 0 unspecified atom stereocenters. The summed E-state index contributed by atoms with van der Waals surface area (Å²) in [4.78, 5) is 11.7. The molecule has 0 aliphatic rings. The first-order valence-corrected chi connectivity index (χ1v) is 5.65. The van der Waals surface area contributed by atoms with Gasteiger partial charge in [-0.25, -0.2) is 9.97 Å². The molecule has 2 aromatic heterocycles. The molecule has 0 radical (unpaired) electrons. The Morgan fingerprint density at radius 3 is 2.94 bits per heavy atom. The molecule has 1 N–H and O–H groups in total. The van der Waals surface area contributed by atoms with Gasteiger partial charge in [0.15, 0.2) is 5.82 Å². The fourth-order valence-electron chi connectivity index (χ4n) is 1.46. The Bertz CT molecular complexity index is 591. The zero-order valence-electron chi connectivity index (χ0n) is 8.29. The monoisotopic (exact) mass is 228 g/mol. The highest BCUT2D eigenvalue weighted by atomic mass is 32.1. The number of H-pyrrole nitrogens is 1. The molecule has 3 aromatic rings. The van der Waals surface area contributed by atoms with Crippen molar-refractivity contribution in [1.82, 2.24) is 19.3 Å². The van der Waals surface area contributed by atoms with Crippen molar-refractivity contribution >= 4 is 34.7 Å². The molecule has 0 fully saturated rings. The molecule has 4 nitrogen and oxygen atoms in total. The summed E-state index contributed by atoms with van der Waals surface area (Å²) < 4.78 is 4.09. The zero-order chi connectivity index (χ0) is 10.8. The summed E-state index contributed by atoms with van der Waals surface area (Å²) in [5, 5.41) is 0. The van der Waals surface area contributed by atoms with Gasteiger partial charge in [0.05, 0.1) is 11.0 Å². The Balaban J connectivity index is 1.95. The van der Waals surface area contributed by atoms with Gasteiger partial charge in [-0.05, 0) is 35.8 Å². The van der Waals surface area contributed by atoms with Gasteiger partial charge in [0.25, 0.3) is 0 Å². The van der Waals surface area contributed by atoms with E-state index in [0.29, 0.717) is 5.82 Å². The number of para-hydroxylation sites is 2. The smallest absolute Gasteiger partial charge is 0.165 e. The first kappa shape index (κ1) is 9.23. The number of hydrogen-bond donors (Lipinski definition) is 1. The molecule has 3 rings (SSSR count). The van der Waals surface area contributed by atoms with Crippen LogP contribution in [0, 0.1) is 0 Å². The van der Waals surface area contributed by atoms with E-state index in [9.17, 15) is 0 Å². The number of aromatic nitrogens is 4. The molecule has 5 heteroatoms. The van der Waals surface area contributed by atoms with E-state index in [1.165, 1.54) is 11.5 Å². The van der Waals surface area contributed by atoms with Gasteiger partial charge >= 0.3 is 0 Å². The second-order valence-electron chi connectivity index (χ2n) is 3.26. The molecule has 78 valence electrons. The number of nitrogens with one attached hydrogen (secondary N) is 1. The highest BCUT2D eigenvalue weighted by Crippen LogP contribution is 2.11. The number of aromatic amines is 1. The van der Waals surface area contributed by atoms with Gasteiger partial charge in [-0.15, -0.1) is 0 Å². The number of rotatable bonds is 2. The Morgan fingerprint density at radius 2 is 2.12 bits per heavy atom. The molecule has 0 atom stereocenters. The molecule has 0 spiro atoms. The average molecular weight is 228 g/mol. The fraction of sp³-hybridized carbons (Fsp3) is 0. The second kappa shape index (κ2) is 3.86. The predicted octanol–water partition coefficient (Wildman–Crippen LogP) is 2.58. The SMILES string of the molecule is C(=Cc1nc2ccccc2[nH]1)c1ncsn1. The molecule has 16 heavy (non-hydrogen) atoms. The molecule has 0 amide bonds. The molecule has 0 saturated heterocycles. The highest BCUT2D eigenvalue weighted by molar-refractivity contribution is 7.03. The summed E-state index contributed by atoms with van der Waals surface area (Å²) >= 11 is 1.34. The van der Waals surface area contributed by atoms with Crippen LogP contribution in [0.5, 0.6) is 0 Å². The van der Waals surface area contributed by atoms with Crippen LogP contribution in [0.15, 0.2) is 29.8 Å². The quantitative estimate of drug-likeness (QED) is 0.733. The molecule has 1 aromatic carbocycles. The second-order valence-corrected chi connectivity index (χ2v) is 3.87. The van der Waals surface area contributed by atoms with Crippen LogP contribution >= 0.6 is 11.5 Å². The predicted molar refractivity (Wildman–Crippen MR) is 64.9 cm³/mol. The Hall–Kier alpha value is -2.01. The van der Waals surface area contributed by atoms with Gasteiger partial charge in [-0.1, -0.05) is 12.1 Å². The van der Waals surface area contributed by atoms with Crippen molar-refractivity contribution in [2.45, 2.75) is 0 Å². The van der Waals surface area contributed by atoms with Crippen molar-refractivity contribution in [3.63, 3.8) is 0 Å². The highest BCUT2D eigenvalue weighted by Gasteiger charge is 1.98. The van der Waals surface area contributed by atoms with Gasteiger partial charge in [-0.2, -0.15) is 4.37 Å². The maximum absolute atomic E-state index is 4.42. The topological polar surface area (TPSA) is 54.5 Å². The number of fused-ring (bicyclic) bond motifs is 1. The Kier molecular flexibility index (Phi) is 2.23. The molecule has 0 saturated carbocycles. The van der Waals surface area contributed by atoms with Crippen LogP contribution in [0.2, 0.25) is 0 Å². The third-order valence-corrected chi connectivity index (χ3v) is 2.67. The molecule has 0 aliphatic heterocycles. The van der Waals surface area contributed by atoms with E-state index in [0.717, 1.165) is 16.9 Å². The fourth-order valence-corrected chi connectivity index (χ4v) is 1.88. The van der Waals surface area contributed by atoms with E-state index < -0.39 is 0 Å². The minimum atomic E-state index is 0.713. The maximum atomic E-state index is 4.42. The molecule has 2 heterocycles. The van der Waals surface area contributed by atoms with E-state index in [1.54, 1.807) is 5.51 Å². The van der Waals surface area contributed by atoms with Crippen molar-refractivity contribution in [1.29, 1.82) is 0 Å². The summed E-state index contributed by atoms with van der Waals surface area (Å²) in [6, 6.07) is 7.93. The van der Waals surface area contributed by atoms with Crippen LogP contribution < -0.4 is 0 Å². The van der Waals surface area contributed by atoms with Crippen LogP contribution in [-0.4, -0.2) is 19.3 Å². The lowest BCUT2D eigenvalue weighted by Crippen LogP contribution is -1.75. The van der Waals surface area contributed by atoms with Crippen LogP contribution in [-0.2, 0) is 0 Å². The number of imidazole rings is 1. The van der Waals surface area contributed by atoms with Gasteiger partial charge in [0.2, 0.25) is 0 Å². The summed E-state index contributed by atoms with van der Waals surface area (Å²) in [6.07, 6.45) is 3.72. The summed E-state index contributed by atoms with van der Waals surface area (Å²) in [7, 11) is 0. The number of nitrogens with zero attached hydrogens (tertiary/aromatic N) is 3. The standard InChI is InChI=1S/C11H8N4S/c1-2-4-9-8(3-1)13-11(14-9)6-5-10-12-7-16-15-10/h1-7H,(H,13,14). The lowest BCUT2D eigenvalue weighted by molar-refractivity contribution is 1.27. The lowest BCUT2D eigenvalue weighted by Gasteiger charge is -1.82. The van der Waals surface area contributed by atoms with Crippen molar-refractivity contribution < 1.29 is 0 Å². The lowest BCUT2D eigenvalue weighted by atomic mass is 10.3. The first-order chi connectivity index (χ1) is 7.92. The van der Waals surface area contributed by atoms with Crippen molar-refractivity contribution in [2.75, 3.05) is 0 Å². The van der Waals surface area contributed by atoms with Crippen molar-refractivity contribution in [3.8, 4) is 0 Å². The first-order valence-electron chi connectivity index (χ1n) is 4.81. The average Bonchev–Trinajstić information content (AvgIpc) is 2.95. The molecule has 0 aliphatic carbocycles. The van der Waals surface area contributed by atoms with Crippen molar-refractivity contribution in [2.24, 2.45) is 0 Å². The number of hydrogen-bond acceptors (Lipinski definition) is 4. The van der Waals surface area contributed by atoms with E-state index in [2.05, 4.69) is 19.3 Å². The van der Waals surface area contributed by atoms with Crippen LogP contribution in [0.25, 0.3) is 23.2 Å². The minimum absolute atomic E-state index is 0.713. The van der Waals surface area contributed by atoms with Crippen LogP contribution in [0.1, 0.15) is 11.6 Å². The zero-order valence-corrected chi connectivity index (χ0v) is 9.11. The van der Waals surface area contributed by atoms with Crippen molar-refractivity contribution in [3.05, 3.63) is 41.4 Å². The van der Waals surface area contributed by atoms with E-state index in [-0.39, 0.29) is 0 Å².